The van der Waals surface area contributed by atoms with Crippen molar-refractivity contribution in [3.63, 3.8) is 0 Å². The molecule has 0 spiro atoms. The van der Waals surface area contributed by atoms with E-state index in [2.05, 4.69) is 10.9 Å². The van der Waals surface area contributed by atoms with E-state index >= 15 is 0 Å². The van der Waals surface area contributed by atoms with Crippen LogP contribution in [0.15, 0.2) is 42.0 Å². The van der Waals surface area contributed by atoms with Crippen LogP contribution in [0.25, 0.3) is 16.8 Å². The Morgan fingerprint density at radius 1 is 1.25 bits per heavy atom. The molecular weight excluding hydrogens is 258 g/mol. The number of carbonyl (C=O) groups excluding carboxylic acids is 1. The Morgan fingerprint density at radius 3 is 2.80 bits per heavy atom. The maximum Gasteiger partial charge on any atom is 0.270 e. The topological polar surface area (TPSA) is 84.3 Å². The summed E-state index contributed by atoms with van der Waals surface area (Å²) in [6.45, 7) is 0.435. The summed E-state index contributed by atoms with van der Waals surface area (Å²) in [5.74, 6) is -0.174. The molecule has 2 aromatic rings. The van der Waals surface area contributed by atoms with Gasteiger partial charge in [-0.2, -0.15) is 0 Å². The summed E-state index contributed by atoms with van der Waals surface area (Å²) in [6, 6.07) is 10.3. The van der Waals surface area contributed by atoms with Crippen LogP contribution in [-0.2, 0) is 4.79 Å². The van der Waals surface area contributed by atoms with Gasteiger partial charge in [0.1, 0.15) is 0 Å². The molecule has 1 amide bonds. The van der Waals surface area contributed by atoms with Crippen molar-refractivity contribution in [3.8, 4) is 0 Å². The maximum atomic E-state index is 11.5. The molecule has 0 bridgehead atoms. The number of non-ortho nitro benzene ring substituents is 1. The molecule has 0 atom stereocenters. The molecule has 1 aliphatic heterocycles. The Labute approximate surface area is 114 Å². The lowest BCUT2D eigenvalue weighted by Crippen LogP contribution is -2.25. The zero-order valence-corrected chi connectivity index (χ0v) is 10.4. The Kier molecular flexibility index (Phi) is 2.92. The van der Waals surface area contributed by atoms with Crippen molar-refractivity contribution in [2.75, 3.05) is 6.54 Å². The molecule has 0 aliphatic carbocycles. The fraction of sp³-hybridized carbons (Fsp3) is 0.0714. The van der Waals surface area contributed by atoms with Crippen LogP contribution in [0.5, 0.6) is 0 Å². The second-order valence-electron chi connectivity index (χ2n) is 4.49. The van der Waals surface area contributed by atoms with Crippen LogP contribution in [0.3, 0.4) is 0 Å². The number of hydrogen-bond donors (Lipinski definition) is 2. The third-order valence-electron chi connectivity index (χ3n) is 3.21. The highest BCUT2D eigenvalue weighted by molar-refractivity contribution is 6.02. The van der Waals surface area contributed by atoms with Gasteiger partial charge in [-0.25, -0.2) is 5.43 Å². The predicted octanol–water partition coefficient (Wildman–Crippen LogP) is 1.77. The predicted molar refractivity (Wildman–Crippen MR) is 74.7 cm³/mol. The summed E-state index contributed by atoms with van der Waals surface area (Å²) in [7, 11) is 0. The van der Waals surface area contributed by atoms with E-state index in [4.69, 9.17) is 0 Å². The van der Waals surface area contributed by atoms with E-state index in [1.165, 1.54) is 12.1 Å². The zero-order chi connectivity index (χ0) is 14.1. The lowest BCUT2D eigenvalue weighted by molar-refractivity contribution is -0.384. The highest BCUT2D eigenvalue weighted by Gasteiger charge is 2.16. The summed E-state index contributed by atoms with van der Waals surface area (Å²) in [5, 5.41) is 12.5. The van der Waals surface area contributed by atoms with E-state index in [0.29, 0.717) is 12.1 Å². The SMILES string of the molecule is O=C1NNC/C1=C\c1cccc2ccc([N+](=O)[O-])cc12. The van der Waals surface area contributed by atoms with E-state index < -0.39 is 4.92 Å². The van der Waals surface area contributed by atoms with Gasteiger partial charge in [0.15, 0.2) is 0 Å². The first-order chi connectivity index (χ1) is 9.65. The van der Waals surface area contributed by atoms with Crippen molar-refractivity contribution in [2.24, 2.45) is 0 Å². The van der Waals surface area contributed by atoms with Crippen molar-refractivity contribution in [1.82, 2.24) is 10.9 Å². The molecule has 2 aromatic carbocycles. The average molecular weight is 269 g/mol. The molecule has 0 radical (unpaired) electrons. The zero-order valence-electron chi connectivity index (χ0n) is 10.4. The van der Waals surface area contributed by atoms with Gasteiger partial charge in [-0.15, -0.1) is 0 Å². The fourth-order valence-electron chi connectivity index (χ4n) is 2.21. The number of nitro groups is 1. The van der Waals surface area contributed by atoms with Crippen LogP contribution in [0.4, 0.5) is 5.69 Å². The number of nitro benzene ring substituents is 1. The molecule has 0 unspecified atom stereocenters. The van der Waals surface area contributed by atoms with Gasteiger partial charge in [-0.05, 0) is 28.5 Å². The van der Waals surface area contributed by atoms with Gasteiger partial charge in [-0.3, -0.25) is 20.3 Å². The number of carbonyl (C=O) groups is 1. The van der Waals surface area contributed by atoms with Gasteiger partial charge in [0, 0.05) is 24.3 Å². The minimum Gasteiger partial charge on any atom is -0.287 e. The molecule has 1 fully saturated rings. The number of amides is 1. The van der Waals surface area contributed by atoms with Gasteiger partial charge in [0.2, 0.25) is 0 Å². The average Bonchev–Trinajstić information content (AvgIpc) is 2.84. The Hall–Kier alpha value is -2.73. The summed E-state index contributed by atoms with van der Waals surface area (Å²) < 4.78 is 0. The van der Waals surface area contributed by atoms with E-state index in [1.807, 2.05) is 18.2 Å². The van der Waals surface area contributed by atoms with Crippen LogP contribution in [0, 0.1) is 10.1 Å². The summed E-state index contributed by atoms with van der Waals surface area (Å²) in [6.07, 6.45) is 1.75. The Balaban J connectivity index is 2.17. The monoisotopic (exact) mass is 269 g/mol. The van der Waals surface area contributed by atoms with Crippen molar-refractivity contribution < 1.29 is 9.72 Å². The largest absolute Gasteiger partial charge is 0.287 e. The minimum absolute atomic E-state index is 0.0392. The van der Waals surface area contributed by atoms with Gasteiger partial charge < -0.3 is 0 Å². The van der Waals surface area contributed by atoms with Gasteiger partial charge in [0.05, 0.1) is 4.92 Å². The molecule has 1 aliphatic rings. The molecule has 1 heterocycles. The van der Waals surface area contributed by atoms with Crippen molar-refractivity contribution in [3.05, 3.63) is 57.6 Å². The number of nitrogens with one attached hydrogen (secondary N) is 2. The second kappa shape index (κ2) is 4.75. The van der Waals surface area contributed by atoms with Crippen LogP contribution >= 0.6 is 0 Å². The van der Waals surface area contributed by atoms with Gasteiger partial charge >= 0.3 is 0 Å². The molecule has 0 aromatic heterocycles. The van der Waals surface area contributed by atoms with Crippen LogP contribution in [-0.4, -0.2) is 17.4 Å². The lowest BCUT2D eigenvalue weighted by atomic mass is 10.0. The summed E-state index contributed by atoms with van der Waals surface area (Å²) >= 11 is 0. The number of hydrogen-bond acceptors (Lipinski definition) is 4. The molecule has 1 saturated heterocycles. The molecule has 6 nitrogen and oxygen atoms in total. The summed E-state index contributed by atoms with van der Waals surface area (Å²) in [5.41, 5.74) is 6.68. The lowest BCUT2D eigenvalue weighted by Gasteiger charge is -2.03. The van der Waals surface area contributed by atoms with Gasteiger partial charge in [-0.1, -0.05) is 18.2 Å². The number of nitrogens with zero attached hydrogens (tertiary/aromatic N) is 1. The number of benzene rings is 2. The Bertz CT molecular complexity index is 752. The van der Waals surface area contributed by atoms with Crippen molar-refractivity contribution >= 4 is 28.4 Å². The van der Waals surface area contributed by atoms with Crippen molar-refractivity contribution in [1.29, 1.82) is 0 Å². The third-order valence-corrected chi connectivity index (χ3v) is 3.21. The fourth-order valence-corrected chi connectivity index (χ4v) is 2.21. The first-order valence-electron chi connectivity index (χ1n) is 6.06. The standard InChI is InChI=1S/C14H11N3O3/c18-14-11(8-15-16-14)6-10-3-1-2-9-4-5-12(17(19)20)7-13(9)10/h1-7,15H,8H2,(H,16,18)/b11-6+. The highest BCUT2D eigenvalue weighted by Crippen LogP contribution is 2.25. The first-order valence-corrected chi connectivity index (χ1v) is 6.06. The van der Waals surface area contributed by atoms with Crippen LogP contribution in [0.2, 0.25) is 0 Å². The molecule has 6 heteroatoms. The molecule has 100 valence electrons. The van der Waals surface area contributed by atoms with Crippen LogP contribution < -0.4 is 10.9 Å². The van der Waals surface area contributed by atoms with E-state index in [1.54, 1.807) is 12.1 Å². The minimum atomic E-state index is -0.423. The van der Waals surface area contributed by atoms with E-state index in [9.17, 15) is 14.9 Å². The third kappa shape index (κ3) is 2.12. The molecular formula is C14H11N3O3. The second-order valence-corrected chi connectivity index (χ2v) is 4.49. The van der Waals surface area contributed by atoms with Crippen LogP contribution in [0.1, 0.15) is 5.56 Å². The van der Waals surface area contributed by atoms with E-state index in [-0.39, 0.29) is 11.6 Å². The Morgan fingerprint density at radius 2 is 2.10 bits per heavy atom. The van der Waals surface area contributed by atoms with E-state index in [0.717, 1.165) is 16.3 Å². The molecule has 3 rings (SSSR count). The van der Waals surface area contributed by atoms with Gasteiger partial charge in [0.25, 0.3) is 11.6 Å². The smallest absolute Gasteiger partial charge is 0.270 e. The quantitative estimate of drug-likeness (QED) is 0.494. The normalized spacial score (nSPS) is 16.6. The molecule has 2 N–H and O–H groups in total. The maximum absolute atomic E-state index is 11.5. The number of fused-ring (bicyclic) bond motifs is 1. The highest BCUT2D eigenvalue weighted by atomic mass is 16.6. The molecule has 20 heavy (non-hydrogen) atoms. The first kappa shape index (κ1) is 12.3. The molecule has 0 saturated carbocycles. The van der Waals surface area contributed by atoms with Crippen molar-refractivity contribution in [2.45, 2.75) is 0 Å². The summed E-state index contributed by atoms with van der Waals surface area (Å²) in [4.78, 5) is 22.0. The number of rotatable bonds is 2. The number of hydrazine groups is 1.